The Morgan fingerprint density at radius 2 is 2.17 bits per heavy atom. The Bertz CT molecular complexity index is 258. The maximum absolute atomic E-state index is 11.3. The van der Waals surface area contributed by atoms with Crippen LogP contribution in [0.1, 0.15) is 40.0 Å². The van der Waals surface area contributed by atoms with Crippen molar-refractivity contribution in [2.24, 2.45) is 5.92 Å². The maximum atomic E-state index is 11.3. The van der Waals surface area contributed by atoms with Crippen LogP contribution in [0.5, 0.6) is 0 Å². The quantitative estimate of drug-likeness (QED) is 0.769. The van der Waals surface area contributed by atoms with E-state index in [1.807, 2.05) is 0 Å². The van der Waals surface area contributed by atoms with Gasteiger partial charge in [-0.1, -0.05) is 6.92 Å². The van der Waals surface area contributed by atoms with E-state index in [-0.39, 0.29) is 5.25 Å². The van der Waals surface area contributed by atoms with Gasteiger partial charge >= 0.3 is 0 Å². The van der Waals surface area contributed by atoms with Crippen LogP contribution >= 0.6 is 0 Å². The number of piperidine rings is 1. The average molecular weight is 274 g/mol. The van der Waals surface area contributed by atoms with Crippen LogP contribution in [0.2, 0.25) is 0 Å². The summed E-state index contributed by atoms with van der Waals surface area (Å²) in [5, 5.41) is 3.83. The highest BCUT2D eigenvalue weighted by Gasteiger charge is 2.24. The molecule has 1 saturated heterocycles. The molecule has 0 bridgehead atoms. The van der Waals surface area contributed by atoms with Crippen molar-refractivity contribution >= 4 is 10.8 Å². The van der Waals surface area contributed by atoms with E-state index in [0.717, 1.165) is 12.5 Å². The van der Waals surface area contributed by atoms with Crippen LogP contribution in [-0.2, 0) is 10.8 Å². The number of nitrogens with one attached hydrogen (secondary N) is 1. The highest BCUT2D eigenvalue weighted by Crippen LogP contribution is 2.19. The Labute approximate surface area is 115 Å². The van der Waals surface area contributed by atoms with Gasteiger partial charge in [-0.05, 0) is 52.1 Å². The SMILES string of the molecule is CCCN1CCCC(C(C)NCC(C)S(C)=O)C1. The molecule has 1 heterocycles. The van der Waals surface area contributed by atoms with Crippen LogP contribution in [-0.4, -0.2) is 52.8 Å². The van der Waals surface area contributed by atoms with E-state index < -0.39 is 10.8 Å². The predicted octanol–water partition coefficient (Wildman–Crippen LogP) is 1.85. The first-order chi connectivity index (χ1) is 8.54. The van der Waals surface area contributed by atoms with E-state index in [4.69, 9.17) is 0 Å². The summed E-state index contributed by atoms with van der Waals surface area (Å²) >= 11 is 0. The highest BCUT2D eigenvalue weighted by molar-refractivity contribution is 7.84. The molecule has 0 saturated carbocycles. The van der Waals surface area contributed by atoms with E-state index >= 15 is 0 Å². The van der Waals surface area contributed by atoms with Crippen LogP contribution in [0.3, 0.4) is 0 Å². The summed E-state index contributed by atoms with van der Waals surface area (Å²) in [6.45, 7) is 11.2. The maximum Gasteiger partial charge on any atom is 0.0441 e. The Kier molecular flexibility index (Phi) is 7.42. The molecule has 4 atom stereocenters. The van der Waals surface area contributed by atoms with Gasteiger partial charge in [0.25, 0.3) is 0 Å². The summed E-state index contributed by atoms with van der Waals surface area (Å²) < 4.78 is 11.3. The monoisotopic (exact) mass is 274 g/mol. The van der Waals surface area contributed by atoms with Crippen molar-refractivity contribution in [3.05, 3.63) is 0 Å². The third-order valence-corrected chi connectivity index (χ3v) is 5.38. The molecule has 3 nitrogen and oxygen atoms in total. The fourth-order valence-electron chi connectivity index (χ4n) is 2.65. The lowest BCUT2D eigenvalue weighted by Gasteiger charge is -2.36. The smallest absolute Gasteiger partial charge is 0.0441 e. The lowest BCUT2D eigenvalue weighted by Crippen LogP contribution is -2.46. The summed E-state index contributed by atoms with van der Waals surface area (Å²) in [6.07, 6.45) is 5.70. The molecule has 0 radical (unpaired) electrons. The lowest BCUT2D eigenvalue weighted by molar-refractivity contribution is 0.151. The zero-order valence-corrected chi connectivity index (χ0v) is 13.3. The number of hydrogen-bond acceptors (Lipinski definition) is 3. The topological polar surface area (TPSA) is 32.3 Å². The zero-order chi connectivity index (χ0) is 13.5. The predicted molar refractivity (Wildman–Crippen MR) is 80.4 cm³/mol. The van der Waals surface area contributed by atoms with Gasteiger partial charge in [0.2, 0.25) is 0 Å². The molecule has 0 spiro atoms. The van der Waals surface area contributed by atoms with Gasteiger partial charge in [0.15, 0.2) is 0 Å². The molecule has 1 N–H and O–H groups in total. The van der Waals surface area contributed by atoms with Gasteiger partial charge in [0.1, 0.15) is 0 Å². The zero-order valence-electron chi connectivity index (χ0n) is 12.4. The van der Waals surface area contributed by atoms with Crippen molar-refractivity contribution in [2.75, 3.05) is 32.4 Å². The normalized spacial score (nSPS) is 26.8. The molecule has 0 aromatic rings. The highest BCUT2D eigenvalue weighted by atomic mass is 32.2. The molecular formula is C14H30N2OS. The van der Waals surface area contributed by atoms with Crippen molar-refractivity contribution in [1.82, 2.24) is 10.2 Å². The van der Waals surface area contributed by atoms with Crippen LogP contribution in [0.15, 0.2) is 0 Å². The third kappa shape index (κ3) is 5.37. The molecule has 0 aliphatic carbocycles. The minimum absolute atomic E-state index is 0.253. The van der Waals surface area contributed by atoms with Crippen LogP contribution in [0.4, 0.5) is 0 Å². The molecule has 108 valence electrons. The van der Waals surface area contributed by atoms with Crippen molar-refractivity contribution in [2.45, 2.75) is 51.3 Å². The van der Waals surface area contributed by atoms with Gasteiger partial charge in [-0.25, -0.2) is 0 Å². The number of likely N-dealkylation sites (tertiary alicyclic amines) is 1. The molecule has 1 aliphatic rings. The fraction of sp³-hybridized carbons (Fsp3) is 1.00. The lowest BCUT2D eigenvalue weighted by atomic mass is 9.91. The first kappa shape index (κ1) is 16.1. The van der Waals surface area contributed by atoms with Gasteiger partial charge in [0, 0.05) is 41.4 Å². The van der Waals surface area contributed by atoms with Gasteiger partial charge in [0.05, 0.1) is 0 Å². The third-order valence-electron chi connectivity index (χ3n) is 4.08. The van der Waals surface area contributed by atoms with Gasteiger partial charge in [-0.2, -0.15) is 0 Å². The van der Waals surface area contributed by atoms with Crippen LogP contribution in [0.25, 0.3) is 0 Å². The van der Waals surface area contributed by atoms with E-state index in [1.165, 1.54) is 38.9 Å². The number of hydrogen-bond donors (Lipinski definition) is 1. The molecule has 0 amide bonds. The summed E-state index contributed by atoms with van der Waals surface area (Å²) in [6, 6.07) is 0.538. The van der Waals surface area contributed by atoms with Crippen molar-refractivity contribution in [3.63, 3.8) is 0 Å². The molecule has 0 aromatic heterocycles. The molecular weight excluding hydrogens is 244 g/mol. The number of nitrogens with zero attached hydrogens (tertiary/aromatic N) is 1. The summed E-state index contributed by atoms with van der Waals surface area (Å²) in [5.74, 6) is 0.753. The summed E-state index contributed by atoms with van der Waals surface area (Å²) in [5.41, 5.74) is 0. The Balaban J connectivity index is 2.32. The molecule has 1 rings (SSSR count). The Morgan fingerprint density at radius 1 is 1.44 bits per heavy atom. The minimum Gasteiger partial charge on any atom is -0.313 e. The molecule has 0 aromatic carbocycles. The molecule has 4 unspecified atom stereocenters. The average Bonchev–Trinajstić information content (AvgIpc) is 2.36. The van der Waals surface area contributed by atoms with E-state index in [0.29, 0.717) is 6.04 Å². The van der Waals surface area contributed by atoms with Crippen molar-refractivity contribution in [1.29, 1.82) is 0 Å². The van der Waals surface area contributed by atoms with E-state index in [2.05, 4.69) is 31.0 Å². The molecule has 1 fully saturated rings. The van der Waals surface area contributed by atoms with E-state index in [1.54, 1.807) is 6.26 Å². The number of rotatable bonds is 7. The van der Waals surface area contributed by atoms with Crippen LogP contribution < -0.4 is 5.32 Å². The van der Waals surface area contributed by atoms with Crippen molar-refractivity contribution < 1.29 is 4.21 Å². The van der Waals surface area contributed by atoms with Crippen molar-refractivity contribution in [3.8, 4) is 0 Å². The van der Waals surface area contributed by atoms with E-state index in [9.17, 15) is 4.21 Å². The van der Waals surface area contributed by atoms with Crippen LogP contribution in [0, 0.1) is 5.92 Å². The second kappa shape index (κ2) is 8.28. The fourth-order valence-corrected chi connectivity index (χ4v) is 2.99. The molecule has 18 heavy (non-hydrogen) atoms. The Morgan fingerprint density at radius 3 is 2.78 bits per heavy atom. The van der Waals surface area contributed by atoms with Gasteiger partial charge in [-0.15, -0.1) is 0 Å². The standard InChI is InChI=1S/C14H30N2OS/c1-5-8-16-9-6-7-14(11-16)13(3)15-10-12(2)18(4)17/h12-15H,5-11H2,1-4H3. The van der Waals surface area contributed by atoms with Gasteiger partial charge < -0.3 is 10.2 Å². The largest absolute Gasteiger partial charge is 0.313 e. The van der Waals surface area contributed by atoms with Gasteiger partial charge in [-0.3, -0.25) is 4.21 Å². The first-order valence-corrected chi connectivity index (χ1v) is 8.94. The summed E-state index contributed by atoms with van der Waals surface area (Å²) in [7, 11) is -0.715. The molecule has 4 heteroatoms. The molecule has 1 aliphatic heterocycles. The Hall–Kier alpha value is 0.0700. The second-order valence-corrected chi connectivity index (χ2v) is 7.51. The summed E-state index contributed by atoms with van der Waals surface area (Å²) in [4.78, 5) is 2.59. The first-order valence-electron chi connectivity index (χ1n) is 7.32. The minimum atomic E-state index is -0.715. The second-order valence-electron chi connectivity index (χ2n) is 5.71.